The van der Waals surface area contributed by atoms with Crippen molar-refractivity contribution in [2.75, 3.05) is 18.2 Å². The Balaban J connectivity index is 2.09. The monoisotopic (exact) mass is 270 g/mol. The Labute approximate surface area is 118 Å². The van der Waals surface area contributed by atoms with Crippen molar-refractivity contribution in [2.45, 2.75) is 13.3 Å². The van der Waals surface area contributed by atoms with Crippen molar-refractivity contribution in [3.8, 4) is 5.75 Å². The van der Waals surface area contributed by atoms with Crippen molar-refractivity contribution in [3.05, 3.63) is 53.6 Å². The fourth-order valence-electron chi connectivity index (χ4n) is 2.01. The van der Waals surface area contributed by atoms with Gasteiger partial charge in [0, 0.05) is 5.56 Å². The third kappa shape index (κ3) is 3.29. The van der Waals surface area contributed by atoms with E-state index in [1.54, 1.807) is 7.11 Å². The number of para-hydroxylation sites is 1. The van der Waals surface area contributed by atoms with Gasteiger partial charge in [0.05, 0.1) is 24.9 Å². The standard InChI is InChI=1S/C16H18N2O2/c1-11-7-8-14(13(17)9-11)18-16(19)10-12-5-3-4-6-15(12)20-2/h3-9H,10,17H2,1-2H3,(H,18,19). The van der Waals surface area contributed by atoms with Crippen LogP contribution in [0.15, 0.2) is 42.5 Å². The zero-order valence-corrected chi connectivity index (χ0v) is 11.6. The molecule has 0 atom stereocenters. The molecule has 2 aromatic rings. The number of aryl methyl sites for hydroxylation is 1. The fraction of sp³-hybridized carbons (Fsp3) is 0.188. The van der Waals surface area contributed by atoms with Crippen molar-refractivity contribution in [1.82, 2.24) is 0 Å². The molecule has 0 saturated carbocycles. The molecule has 0 fully saturated rings. The highest BCUT2D eigenvalue weighted by atomic mass is 16.5. The van der Waals surface area contributed by atoms with Crippen molar-refractivity contribution in [1.29, 1.82) is 0 Å². The van der Waals surface area contributed by atoms with Gasteiger partial charge in [-0.15, -0.1) is 0 Å². The third-order valence-corrected chi connectivity index (χ3v) is 3.02. The van der Waals surface area contributed by atoms with E-state index in [0.29, 0.717) is 17.1 Å². The second-order valence-electron chi connectivity index (χ2n) is 4.63. The summed E-state index contributed by atoms with van der Waals surface area (Å²) < 4.78 is 5.23. The van der Waals surface area contributed by atoms with Crippen molar-refractivity contribution in [3.63, 3.8) is 0 Å². The van der Waals surface area contributed by atoms with Gasteiger partial charge in [0.25, 0.3) is 0 Å². The lowest BCUT2D eigenvalue weighted by Gasteiger charge is -2.10. The van der Waals surface area contributed by atoms with Gasteiger partial charge in [-0.25, -0.2) is 0 Å². The predicted molar refractivity (Wildman–Crippen MR) is 80.9 cm³/mol. The highest BCUT2D eigenvalue weighted by molar-refractivity contribution is 5.95. The van der Waals surface area contributed by atoms with E-state index in [9.17, 15) is 4.79 Å². The summed E-state index contributed by atoms with van der Waals surface area (Å²) in [5, 5.41) is 2.82. The molecule has 0 heterocycles. The van der Waals surface area contributed by atoms with Crippen LogP contribution in [-0.2, 0) is 11.2 Å². The van der Waals surface area contributed by atoms with Gasteiger partial charge in [-0.1, -0.05) is 24.3 Å². The van der Waals surface area contributed by atoms with Crippen LogP contribution >= 0.6 is 0 Å². The molecule has 0 bridgehead atoms. The number of carbonyl (C=O) groups excluding carboxylic acids is 1. The van der Waals surface area contributed by atoms with Gasteiger partial charge in [0.1, 0.15) is 5.75 Å². The van der Waals surface area contributed by atoms with Crippen molar-refractivity contribution < 1.29 is 9.53 Å². The third-order valence-electron chi connectivity index (χ3n) is 3.02. The maximum absolute atomic E-state index is 12.1. The van der Waals surface area contributed by atoms with Crippen LogP contribution in [0.5, 0.6) is 5.75 Å². The van der Waals surface area contributed by atoms with Crippen LogP contribution < -0.4 is 15.8 Å². The Morgan fingerprint density at radius 3 is 2.70 bits per heavy atom. The lowest BCUT2D eigenvalue weighted by atomic mass is 10.1. The number of nitrogens with two attached hydrogens (primary N) is 1. The summed E-state index contributed by atoms with van der Waals surface area (Å²) >= 11 is 0. The minimum absolute atomic E-state index is 0.120. The Bertz CT molecular complexity index is 624. The van der Waals surface area contributed by atoms with Crippen molar-refractivity contribution in [2.24, 2.45) is 0 Å². The number of nitrogens with one attached hydrogen (secondary N) is 1. The molecule has 0 aliphatic rings. The van der Waals surface area contributed by atoms with Crippen LogP contribution in [0.3, 0.4) is 0 Å². The summed E-state index contributed by atoms with van der Waals surface area (Å²) in [6, 6.07) is 13.0. The van der Waals surface area contributed by atoms with Gasteiger partial charge in [0.15, 0.2) is 0 Å². The van der Waals surface area contributed by atoms with Gasteiger partial charge in [0.2, 0.25) is 5.91 Å². The molecule has 3 N–H and O–H groups in total. The highest BCUT2D eigenvalue weighted by Gasteiger charge is 2.09. The van der Waals surface area contributed by atoms with Crippen LogP contribution in [0.2, 0.25) is 0 Å². The second kappa shape index (κ2) is 6.10. The zero-order valence-electron chi connectivity index (χ0n) is 11.6. The molecule has 0 spiro atoms. The van der Waals surface area contributed by atoms with Crippen LogP contribution in [-0.4, -0.2) is 13.0 Å². The number of methoxy groups -OCH3 is 1. The summed E-state index contributed by atoms with van der Waals surface area (Å²) in [4.78, 5) is 12.1. The average Bonchev–Trinajstić information content (AvgIpc) is 2.42. The number of hydrogen-bond acceptors (Lipinski definition) is 3. The minimum atomic E-state index is -0.120. The quantitative estimate of drug-likeness (QED) is 0.840. The molecule has 0 radical (unpaired) electrons. The maximum atomic E-state index is 12.1. The van der Waals surface area contributed by atoms with E-state index in [1.165, 1.54) is 0 Å². The molecule has 104 valence electrons. The number of carbonyl (C=O) groups is 1. The fourth-order valence-corrected chi connectivity index (χ4v) is 2.01. The van der Waals surface area contributed by atoms with Crippen LogP contribution in [0.4, 0.5) is 11.4 Å². The first-order chi connectivity index (χ1) is 9.60. The molecule has 0 saturated heterocycles. The summed E-state index contributed by atoms with van der Waals surface area (Å²) in [5.74, 6) is 0.588. The summed E-state index contributed by atoms with van der Waals surface area (Å²) in [6.45, 7) is 1.96. The summed E-state index contributed by atoms with van der Waals surface area (Å²) in [6.07, 6.45) is 0.247. The van der Waals surface area contributed by atoms with Crippen LogP contribution in [0.1, 0.15) is 11.1 Å². The molecule has 0 aliphatic carbocycles. The number of benzene rings is 2. The highest BCUT2D eigenvalue weighted by Crippen LogP contribution is 2.21. The molecule has 2 rings (SSSR count). The maximum Gasteiger partial charge on any atom is 0.228 e. The normalized spacial score (nSPS) is 10.1. The Hall–Kier alpha value is -2.49. The molecule has 4 nitrogen and oxygen atoms in total. The topological polar surface area (TPSA) is 64.3 Å². The van der Waals surface area contributed by atoms with E-state index < -0.39 is 0 Å². The van der Waals surface area contributed by atoms with E-state index >= 15 is 0 Å². The smallest absolute Gasteiger partial charge is 0.228 e. The van der Waals surface area contributed by atoms with E-state index in [4.69, 9.17) is 10.5 Å². The summed E-state index contributed by atoms with van der Waals surface area (Å²) in [5.41, 5.74) is 8.99. The Kier molecular flexibility index (Phi) is 4.25. The molecular formula is C16H18N2O2. The molecule has 4 heteroatoms. The molecule has 0 aromatic heterocycles. The first kappa shape index (κ1) is 13.9. The molecule has 1 amide bonds. The van der Waals surface area contributed by atoms with Gasteiger partial charge < -0.3 is 15.8 Å². The average molecular weight is 270 g/mol. The second-order valence-corrected chi connectivity index (χ2v) is 4.63. The lowest BCUT2D eigenvalue weighted by molar-refractivity contribution is -0.115. The minimum Gasteiger partial charge on any atom is -0.496 e. The number of anilines is 2. The number of amides is 1. The van der Waals surface area contributed by atoms with Crippen molar-refractivity contribution >= 4 is 17.3 Å². The number of nitrogen functional groups attached to an aromatic ring is 1. The predicted octanol–water partition coefficient (Wildman–Crippen LogP) is 2.77. The first-order valence-electron chi connectivity index (χ1n) is 6.38. The molecular weight excluding hydrogens is 252 g/mol. The Morgan fingerprint density at radius 2 is 2.00 bits per heavy atom. The summed E-state index contributed by atoms with van der Waals surface area (Å²) in [7, 11) is 1.59. The molecule has 0 aliphatic heterocycles. The molecule has 0 unspecified atom stereocenters. The van der Waals surface area contributed by atoms with E-state index in [0.717, 1.165) is 11.1 Å². The first-order valence-corrected chi connectivity index (χ1v) is 6.38. The number of ether oxygens (including phenoxy) is 1. The van der Waals surface area contributed by atoms with E-state index in [1.807, 2.05) is 49.4 Å². The van der Waals surface area contributed by atoms with Crippen LogP contribution in [0.25, 0.3) is 0 Å². The SMILES string of the molecule is COc1ccccc1CC(=O)Nc1ccc(C)cc1N. The molecule has 20 heavy (non-hydrogen) atoms. The van der Waals surface area contributed by atoms with Gasteiger partial charge in [-0.2, -0.15) is 0 Å². The lowest BCUT2D eigenvalue weighted by Crippen LogP contribution is -2.16. The van der Waals surface area contributed by atoms with E-state index in [-0.39, 0.29) is 12.3 Å². The van der Waals surface area contributed by atoms with Gasteiger partial charge in [-0.3, -0.25) is 4.79 Å². The number of rotatable bonds is 4. The van der Waals surface area contributed by atoms with Gasteiger partial charge in [-0.05, 0) is 30.7 Å². The largest absolute Gasteiger partial charge is 0.496 e. The molecule has 2 aromatic carbocycles. The Morgan fingerprint density at radius 1 is 1.25 bits per heavy atom. The van der Waals surface area contributed by atoms with Crippen LogP contribution in [0, 0.1) is 6.92 Å². The van der Waals surface area contributed by atoms with Gasteiger partial charge >= 0.3 is 0 Å². The van der Waals surface area contributed by atoms with E-state index in [2.05, 4.69) is 5.32 Å². The zero-order chi connectivity index (χ0) is 14.5. The number of hydrogen-bond donors (Lipinski definition) is 2.